The summed E-state index contributed by atoms with van der Waals surface area (Å²) in [5.74, 6) is 0. The zero-order valence-corrected chi connectivity index (χ0v) is 10.6. The van der Waals surface area contributed by atoms with Gasteiger partial charge in [0.15, 0.2) is 0 Å². The van der Waals surface area contributed by atoms with Gasteiger partial charge in [-0.2, -0.15) is 0 Å². The highest BCUT2D eigenvalue weighted by Gasteiger charge is 2.47. The second-order valence-electron chi connectivity index (χ2n) is 5.68. The van der Waals surface area contributed by atoms with Crippen molar-refractivity contribution in [2.24, 2.45) is 0 Å². The molecule has 0 spiro atoms. The first kappa shape index (κ1) is 11.2. The third kappa shape index (κ3) is 1.87. The summed E-state index contributed by atoms with van der Waals surface area (Å²) in [4.78, 5) is 6.63. The lowest BCUT2D eigenvalue weighted by molar-refractivity contribution is 0.0442. The van der Waals surface area contributed by atoms with E-state index >= 15 is 0 Å². The van der Waals surface area contributed by atoms with Gasteiger partial charge in [-0.25, -0.2) is 0 Å². The predicted molar refractivity (Wildman–Crippen MR) is 66.7 cm³/mol. The minimum Gasteiger partial charge on any atom is -0.384 e. The first-order valence-electron chi connectivity index (χ1n) is 6.49. The minimum absolute atomic E-state index is 0.479. The van der Waals surface area contributed by atoms with Crippen molar-refractivity contribution in [3.05, 3.63) is 29.6 Å². The van der Waals surface area contributed by atoms with Gasteiger partial charge in [0.1, 0.15) is 5.60 Å². The van der Waals surface area contributed by atoms with Crippen LogP contribution < -0.4 is 0 Å². The van der Waals surface area contributed by atoms with E-state index in [0.717, 1.165) is 30.1 Å². The first-order chi connectivity index (χ1) is 8.10. The summed E-state index contributed by atoms with van der Waals surface area (Å²) in [7, 11) is 0. The Morgan fingerprint density at radius 2 is 2.24 bits per heavy atom. The van der Waals surface area contributed by atoms with Gasteiger partial charge in [0.05, 0.1) is 0 Å². The van der Waals surface area contributed by atoms with E-state index in [0.29, 0.717) is 6.04 Å². The van der Waals surface area contributed by atoms with E-state index in [1.165, 1.54) is 12.8 Å². The molecule has 3 rings (SSSR count). The summed E-state index contributed by atoms with van der Waals surface area (Å²) in [6.07, 6.45) is 7.05. The maximum Gasteiger partial charge on any atom is 0.105 e. The van der Waals surface area contributed by atoms with E-state index in [2.05, 4.69) is 23.7 Å². The van der Waals surface area contributed by atoms with Gasteiger partial charge in [0.2, 0.25) is 0 Å². The topological polar surface area (TPSA) is 36.4 Å². The van der Waals surface area contributed by atoms with E-state index in [4.69, 9.17) is 0 Å². The fourth-order valence-corrected chi connectivity index (χ4v) is 3.17. The van der Waals surface area contributed by atoms with Crippen LogP contribution in [0.15, 0.2) is 18.5 Å². The molecule has 1 aromatic rings. The van der Waals surface area contributed by atoms with Gasteiger partial charge < -0.3 is 5.11 Å². The van der Waals surface area contributed by atoms with E-state index in [9.17, 15) is 5.11 Å². The fraction of sp³-hybridized carbons (Fsp3) is 0.643. The quantitative estimate of drug-likeness (QED) is 0.845. The summed E-state index contributed by atoms with van der Waals surface area (Å²) in [5, 5.41) is 10.9. The molecule has 2 aliphatic rings. The maximum absolute atomic E-state index is 10.9. The number of rotatable bonds is 2. The smallest absolute Gasteiger partial charge is 0.105 e. The lowest BCUT2D eigenvalue weighted by Gasteiger charge is -2.25. The van der Waals surface area contributed by atoms with E-state index in [1.807, 2.05) is 12.3 Å². The van der Waals surface area contributed by atoms with Crippen LogP contribution in [0, 0.1) is 6.92 Å². The Kier molecular flexibility index (Phi) is 2.49. The maximum atomic E-state index is 10.9. The van der Waals surface area contributed by atoms with Crippen LogP contribution in [0.5, 0.6) is 0 Å². The number of β-amino-alcohol motifs (C(OH)–C–C–N with tert-alkyl or cyclic N) is 1. The van der Waals surface area contributed by atoms with Crippen LogP contribution in [-0.2, 0) is 5.60 Å². The molecule has 2 fully saturated rings. The van der Waals surface area contributed by atoms with Crippen molar-refractivity contribution >= 4 is 0 Å². The number of aryl methyl sites for hydroxylation is 1. The Labute approximate surface area is 102 Å². The van der Waals surface area contributed by atoms with Crippen LogP contribution >= 0.6 is 0 Å². The third-order valence-corrected chi connectivity index (χ3v) is 4.20. The predicted octanol–water partition coefficient (Wildman–Crippen LogP) is 1.83. The molecular weight excluding hydrogens is 212 g/mol. The number of likely N-dealkylation sites (tertiary alicyclic amines) is 1. The first-order valence-corrected chi connectivity index (χ1v) is 6.49. The Morgan fingerprint density at radius 1 is 1.47 bits per heavy atom. The number of pyridine rings is 1. The standard InChI is InChI=1S/C14H20N2O/c1-10-5-6-15-8-13(10)14(17)7-11(2)16(9-14)12-3-4-12/h5-6,8,11-12,17H,3-4,7,9H2,1-2H3. The van der Waals surface area contributed by atoms with Crippen LogP contribution in [0.1, 0.15) is 37.3 Å². The molecule has 3 nitrogen and oxygen atoms in total. The summed E-state index contributed by atoms with van der Waals surface area (Å²) in [6, 6.07) is 3.18. The second-order valence-corrected chi connectivity index (χ2v) is 5.68. The third-order valence-electron chi connectivity index (χ3n) is 4.20. The summed E-state index contributed by atoms with van der Waals surface area (Å²) in [6.45, 7) is 5.05. The van der Waals surface area contributed by atoms with Gasteiger partial charge in [0, 0.05) is 36.6 Å². The Morgan fingerprint density at radius 3 is 2.88 bits per heavy atom. The van der Waals surface area contributed by atoms with Crippen molar-refractivity contribution in [2.75, 3.05) is 6.54 Å². The van der Waals surface area contributed by atoms with E-state index < -0.39 is 5.60 Å². The molecule has 0 radical (unpaired) electrons. The van der Waals surface area contributed by atoms with Gasteiger partial charge in [-0.3, -0.25) is 9.88 Å². The number of aromatic nitrogens is 1. The van der Waals surface area contributed by atoms with Crippen molar-refractivity contribution in [2.45, 2.75) is 50.8 Å². The summed E-state index contributed by atoms with van der Waals surface area (Å²) >= 11 is 0. The highest BCUT2D eigenvalue weighted by atomic mass is 16.3. The van der Waals surface area contributed by atoms with Crippen molar-refractivity contribution < 1.29 is 5.11 Å². The average molecular weight is 232 g/mol. The molecule has 1 saturated heterocycles. The molecule has 0 amide bonds. The summed E-state index contributed by atoms with van der Waals surface area (Å²) in [5.41, 5.74) is 1.46. The largest absolute Gasteiger partial charge is 0.384 e. The molecule has 0 bridgehead atoms. The fourth-order valence-electron chi connectivity index (χ4n) is 3.17. The molecule has 17 heavy (non-hydrogen) atoms. The van der Waals surface area contributed by atoms with E-state index in [1.54, 1.807) is 6.20 Å². The molecule has 1 aromatic heterocycles. The molecule has 2 heterocycles. The SMILES string of the molecule is Cc1ccncc1C1(O)CC(C)N(C2CC2)C1. The zero-order chi connectivity index (χ0) is 12.0. The van der Waals surface area contributed by atoms with Crippen LogP contribution in [0.3, 0.4) is 0 Å². The van der Waals surface area contributed by atoms with Crippen LogP contribution in [0.25, 0.3) is 0 Å². The molecule has 2 unspecified atom stereocenters. The van der Waals surface area contributed by atoms with Gasteiger partial charge in [-0.15, -0.1) is 0 Å². The Balaban J connectivity index is 1.90. The molecule has 3 heteroatoms. The lowest BCUT2D eigenvalue weighted by Crippen LogP contribution is -2.33. The molecule has 1 saturated carbocycles. The van der Waals surface area contributed by atoms with E-state index in [-0.39, 0.29) is 0 Å². The van der Waals surface area contributed by atoms with Gasteiger partial charge in [-0.1, -0.05) is 0 Å². The molecule has 1 N–H and O–H groups in total. The highest BCUT2D eigenvalue weighted by Crippen LogP contribution is 2.42. The monoisotopic (exact) mass is 232 g/mol. The van der Waals surface area contributed by atoms with Crippen molar-refractivity contribution in [1.29, 1.82) is 0 Å². The normalized spacial score (nSPS) is 34.2. The Bertz CT molecular complexity index is 430. The van der Waals surface area contributed by atoms with Crippen molar-refractivity contribution in [3.63, 3.8) is 0 Å². The molecule has 1 aliphatic heterocycles. The van der Waals surface area contributed by atoms with Gasteiger partial charge >= 0.3 is 0 Å². The van der Waals surface area contributed by atoms with Crippen LogP contribution in [-0.4, -0.2) is 33.6 Å². The molecule has 1 aliphatic carbocycles. The zero-order valence-electron chi connectivity index (χ0n) is 10.6. The minimum atomic E-state index is -0.694. The second kappa shape index (κ2) is 3.79. The average Bonchev–Trinajstić information content (AvgIpc) is 3.06. The number of hydrogen-bond acceptors (Lipinski definition) is 3. The number of aliphatic hydroxyl groups is 1. The van der Waals surface area contributed by atoms with Gasteiger partial charge in [-0.05, 0) is 44.7 Å². The summed E-state index contributed by atoms with van der Waals surface area (Å²) < 4.78 is 0. The van der Waals surface area contributed by atoms with Gasteiger partial charge in [0.25, 0.3) is 0 Å². The molecule has 2 atom stereocenters. The van der Waals surface area contributed by atoms with Crippen LogP contribution in [0.2, 0.25) is 0 Å². The van der Waals surface area contributed by atoms with Crippen molar-refractivity contribution in [3.8, 4) is 0 Å². The van der Waals surface area contributed by atoms with Crippen molar-refractivity contribution in [1.82, 2.24) is 9.88 Å². The number of nitrogens with zero attached hydrogens (tertiary/aromatic N) is 2. The number of hydrogen-bond donors (Lipinski definition) is 1. The lowest BCUT2D eigenvalue weighted by atomic mass is 9.90. The molecular formula is C14H20N2O. The Hall–Kier alpha value is -0.930. The highest BCUT2D eigenvalue weighted by molar-refractivity contribution is 5.30. The molecule has 0 aromatic carbocycles. The molecule has 92 valence electrons. The van der Waals surface area contributed by atoms with Crippen LogP contribution in [0.4, 0.5) is 0 Å².